The molecule has 0 radical (unpaired) electrons. The van der Waals surface area contributed by atoms with Crippen LogP contribution in [0.1, 0.15) is 5.56 Å². The highest BCUT2D eigenvalue weighted by Crippen LogP contribution is 2.11. The zero-order valence-electron chi connectivity index (χ0n) is 10.1. The molecular weight excluding hydrogens is 234 g/mol. The fraction of sp³-hybridized carbons (Fsp3) is 0.538. The van der Waals surface area contributed by atoms with Crippen molar-refractivity contribution in [1.82, 2.24) is 0 Å². The Hall–Kier alpha value is -0.980. The first-order valence-electron chi connectivity index (χ1n) is 6.21. The quantitative estimate of drug-likeness (QED) is 0.512. The van der Waals surface area contributed by atoms with E-state index in [-0.39, 0.29) is 6.61 Å². The van der Waals surface area contributed by atoms with Crippen molar-refractivity contribution in [2.45, 2.75) is 31.0 Å². The Morgan fingerprint density at radius 1 is 1.11 bits per heavy atom. The molecule has 0 bridgehead atoms. The first-order valence-corrected chi connectivity index (χ1v) is 6.21. The average Bonchev–Trinajstić information content (AvgIpc) is 2.40. The third-order valence-electron chi connectivity index (χ3n) is 3.21. The lowest BCUT2D eigenvalue weighted by molar-refractivity contribution is -0.739. The lowest BCUT2D eigenvalue weighted by Gasteiger charge is -2.33. The highest BCUT2D eigenvalue weighted by Gasteiger charge is 2.39. The van der Waals surface area contributed by atoms with Gasteiger partial charge < -0.3 is 25.4 Å². The fourth-order valence-corrected chi connectivity index (χ4v) is 2.10. The van der Waals surface area contributed by atoms with Crippen LogP contribution in [-0.4, -0.2) is 53.0 Å². The van der Waals surface area contributed by atoms with Gasteiger partial charge in [-0.1, -0.05) is 30.3 Å². The number of rotatable bonds is 4. The van der Waals surface area contributed by atoms with Gasteiger partial charge in [-0.15, -0.1) is 0 Å². The Morgan fingerprint density at radius 3 is 2.56 bits per heavy atom. The van der Waals surface area contributed by atoms with Gasteiger partial charge in [-0.05, 0) is 5.56 Å². The van der Waals surface area contributed by atoms with E-state index in [0.29, 0.717) is 0 Å². The largest absolute Gasteiger partial charge is 0.388 e. The van der Waals surface area contributed by atoms with Crippen molar-refractivity contribution in [3.05, 3.63) is 35.9 Å². The molecule has 4 atom stereocenters. The molecule has 5 N–H and O–H groups in total. The number of hydrogen-bond acceptors (Lipinski definition) is 4. The van der Waals surface area contributed by atoms with Crippen molar-refractivity contribution in [1.29, 1.82) is 0 Å². The highest BCUT2D eigenvalue weighted by molar-refractivity contribution is 5.14. The van der Waals surface area contributed by atoms with Crippen LogP contribution in [0.2, 0.25) is 0 Å². The maximum absolute atomic E-state index is 9.74. The van der Waals surface area contributed by atoms with Gasteiger partial charge in [0.1, 0.15) is 12.2 Å². The van der Waals surface area contributed by atoms with Crippen molar-refractivity contribution in [3.63, 3.8) is 0 Å². The Kier molecular flexibility index (Phi) is 4.68. The first-order chi connectivity index (χ1) is 8.68. The molecular formula is C13H20NO4+. The van der Waals surface area contributed by atoms with Crippen molar-refractivity contribution in [2.24, 2.45) is 0 Å². The second kappa shape index (κ2) is 6.26. The highest BCUT2D eigenvalue weighted by atomic mass is 16.5. The van der Waals surface area contributed by atoms with E-state index in [1.165, 1.54) is 5.56 Å². The molecule has 0 amide bonds. The van der Waals surface area contributed by atoms with Gasteiger partial charge >= 0.3 is 0 Å². The number of quaternary nitrogens is 1. The van der Waals surface area contributed by atoms with Crippen molar-refractivity contribution < 1.29 is 25.4 Å². The van der Waals surface area contributed by atoms with Crippen LogP contribution in [-0.2, 0) is 11.2 Å². The van der Waals surface area contributed by atoms with Crippen molar-refractivity contribution in [2.75, 3.05) is 13.2 Å². The standard InChI is InChI=1S/C13H19NO4/c15-10-8-18-13(12(17)11(10)16)14-7-6-9-4-2-1-3-5-9/h1-5,10-17H,6-8H2/p+1/t10-,11-,12-,13-/m1/s1. The van der Waals surface area contributed by atoms with E-state index in [0.717, 1.165) is 13.0 Å². The van der Waals surface area contributed by atoms with E-state index < -0.39 is 24.5 Å². The Bertz CT molecular complexity index is 359. The van der Waals surface area contributed by atoms with Crippen LogP contribution in [0.5, 0.6) is 0 Å². The predicted octanol–water partition coefficient (Wildman–Crippen LogP) is -1.77. The molecule has 0 saturated carbocycles. The summed E-state index contributed by atoms with van der Waals surface area (Å²) in [5, 5.41) is 30.4. The van der Waals surface area contributed by atoms with Gasteiger partial charge in [-0.25, -0.2) is 0 Å². The molecule has 2 rings (SSSR count). The van der Waals surface area contributed by atoms with Crippen LogP contribution in [0.15, 0.2) is 30.3 Å². The Morgan fingerprint density at radius 2 is 1.83 bits per heavy atom. The Labute approximate surface area is 106 Å². The van der Waals surface area contributed by atoms with Crippen LogP contribution in [0, 0.1) is 0 Å². The molecule has 1 aromatic carbocycles. The van der Waals surface area contributed by atoms with E-state index in [2.05, 4.69) is 0 Å². The minimum absolute atomic E-state index is 0.0602. The summed E-state index contributed by atoms with van der Waals surface area (Å²) in [6, 6.07) is 10.0. The average molecular weight is 254 g/mol. The van der Waals surface area contributed by atoms with Gasteiger partial charge in [0.2, 0.25) is 6.23 Å². The van der Waals surface area contributed by atoms with Crippen molar-refractivity contribution in [3.8, 4) is 0 Å². The maximum atomic E-state index is 9.74. The summed E-state index contributed by atoms with van der Waals surface area (Å²) in [6.07, 6.45) is -2.82. The topological polar surface area (TPSA) is 86.5 Å². The van der Waals surface area contributed by atoms with Gasteiger partial charge in [0, 0.05) is 6.42 Å². The molecule has 1 heterocycles. The monoisotopic (exact) mass is 254 g/mol. The summed E-state index contributed by atoms with van der Waals surface area (Å²) < 4.78 is 5.30. The molecule has 1 aliphatic rings. The van der Waals surface area contributed by atoms with Gasteiger partial charge in [0.25, 0.3) is 0 Å². The minimum Gasteiger partial charge on any atom is -0.388 e. The van der Waals surface area contributed by atoms with Gasteiger partial charge in [-0.2, -0.15) is 0 Å². The van der Waals surface area contributed by atoms with Gasteiger partial charge in [0.05, 0.1) is 13.2 Å². The van der Waals surface area contributed by atoms with E-state index >= 15 is 0 Å². The lowest BCUT2D eigenvalue weighted by atomic mass is 10.0. The maximum Gasteiger partial charge on any atom is 0.219 e. The third-order valence-corrected chi connectivity index (χ3v) is 3.21. The molecule has 0 aliphatic carbocycles. The number of nitrogens with two attached hydrogens (primary N) is 1. The normalized spacial score (nSPS) is 32.4. The lowest BCUT2D eigenvalue weighted by Crippen LogP contribution is -2.95. The van der Waals surface area contributed by atoms with Crippen LogP contribution < -0.4 is 5.32 Å². The number of hydrogen-bond donors (Lipinski definition) is 4. The molecule has 1 saturated heterocycles. The zero-order chi connectivity index (χ0) is 13.0. The number of ether oxygens (including phenoxy) is 1. The second-order valence-corrected chi connectivity index (χ2v) is 4.61. The SMILES string of the molecule is O[C@@H]1[C@H](O)[C@H](O)CO[C@H]1[NH2+]CCc1ccccc1. The van der Waals surface area contributed by atoms with Gasteiger partial charge in [0.15, 0.2) is 6.10 Å². The predicted molar refractivity (Wildman–Crippen MR) is 64.7 cm³/mol. The van der Waals surface area contributed by atoms with E-state index in [4.69, 9.17) is 4.74 Å². The summed E-state index contributed by atoms with van der Waals surface area (Å²) in [6.45, 7) is 0.819. The second-order valence-electron chi connectivity index (χ2n) is 4.61. The smallest absolute Gasteiger partial charge is 0.219 e. The molecule has 0 spiro atoms. The Balaban J connectivity index is 1.77. The summed E-state index contributed by atoms with van der Waals surface area (Å²) in [5.74, 6) is 0. The summed E-state index contributed by atoms with van der Waals surface area (Å²) in [4.78, 5) is 0. The molecule has 5 heteroatoms. The molecule has 100 valence electrons. The molecule has 5 nitrogen and oxygen atoms in total. The zero-order valence-corrected chi connectivity index (χ0v) is 10.1. The van der Waals surface area contributed by atoms with Gasteiger partial charge in [-0.3, -0.25) is 0 Å². The van der Waals surface area contributed by atoms with Crippen LogP contribution in [0.25, 0.3) is 0 Å². The van der Waals surface area contributed by atoms with Crippen LogP contribution in [0.3, 0.4) is 0 Å². The molecule has 0 unspecified atom stereocenters. The van der Waals surface area contributed by atoms with Crippen LogP contribution in [0.4, 0.5) is 0 Å². The molecule has 1 aliphatic heterocycles. The number of aliphatic hydroxyl groups excluding tert-OH is 3. The molecule has 1 aromatic rings. The van der Waals surface area contributed by atoms with Crippen LogP contribution >= 0.6 is 0 Å². The number of benzene rings is 1. The molecule has 0 aromatic heterocycles. The first kappa shape index (κ1) is 13.5. The molecule has 18 heavy (non-hydrogen) atoms. The summed E-state index contributed by atoms with van der Waals surface area (Å²) >= 11 is 0. The van der Waals surface area contributed by atoms with Crippen molar-refractivity contribution >= 4 is 0 Å². The van der Waals surface area contributed by atoms with E-state index in [1.807, 2.05) is 35.6 Å². The fourth-order valence-electron chi connectivity index (χ4n) is 2.10. The van der Waals surface area contributed by atoms with E-state index in [9.17, 15) is 15.3 Å². The molecule has 1 fully saturated rings. The number of aliphatic hydroxyl groups is 3. The third kappa shape index (κ3) is 3.28. The summed E-state index contributed by atoms with van der Waals surface area (Å²) in [5.41, 5.74) is 1.22. The minimum atomic E-state index is -1.13. The summed E-state index contributed by atoms with van der Waals surface area (Å²) in [7, 11) is 0. The van der Waals surface area contributed by atoms with E-state index in [1.54, 1.807) is 0 Å².